The summed E-state index contributed by atoms with van der Waals surface area (Å²) >= 11 is 0. The second-order valence-electron chi connectivity index (χ2n) is 7.91. The van der Waals surface area contributed by atoms with Gasteiger partial charge in [-0.05, 0) is 42.0 Å². The first-order valence-electron chi connectivity index (χ1n) is 10.3. The molecule has 0 spiro atoms. The third-order valence-electron chi connectivity index (χ3n) is 5.46. The van der Waals surface area contributed by atoms with Crippen LogP contribution in [0.15, 0.2) is 67.1 Å². The summed E-state index contributed by atoms with van der Waals surface area (Å²) in [6, 6.07) is 13.2. The molecule has 33 heavy (non-hydrogen) atoms. The molecule has 5 aromatic rings. The number of amides is 1. The predicted molar refractivity (Wildman–Crippen MR) is 120 cm³/mol. The number of carbonyl (C=O) groups is 1. The van der Waals surface area contributed by atoms with Crippen molar-refractivity contribution in [2.24, 2.45) is 7.05 Å². The standard InChI is InChI=1S/C24H20F2N6O/c1-24(25,26)16-3-5-17(6-4-16)32-20-8-7-19(23(33)28-13-15-9-11-27-12-10-15)29-21(20)18-14-31(2)30-22(18)32/h3-12,14H,13H2,1-2H3,(H,28,33). The van der Waals surface area contributed by atoms with Gasteiger partial charge in [-0.15, -0.1) is 0 Å². The first kappa shape index (κ1) is 20.7. The second-order valence-corrected chi connectivity index (χ2v) is 7.91. The number of fused-ring (bicyclic) bond motifs is 3. The van der Waals surface area contributed by atoms with E-state index in [-0.39, 0.29) is 17.2 Å². The van der Waals surface area contributed by atoms with Gasteiger partial charge in [0.05, 0.1) is 10.9 Å². The fourth-order valence-corrected chi connectivity index (χ4v) is 3.82. The highest BCUT2D eigenvalue weighted by Crippen LogP contribution is 2.32. The van der Waals surface area contributed by atoms with Crippen molar-refractivity contribution in [1.82, 2.24) is 29.6 Å². The zero-order valence-electron chi connectivity index (χ0n) is 18.0. The maximum Gasteiger partial charge on any atom is 0.270 e. The van der Waals surface area contributed by atoms with Crippen LogP contribution in [0.4, 0.5) is 8.78 Å². The van der Waals surface area contributed by atoms with E-state index in [9.17, 15) is 13.6 Å². The Hall–Kier alpha value is -4.14. The number of hydrogen-bond donors (Lipinski definition) is 1. The molecule has 0 aliphatic carbocycles. The molecule has 0 saturated heterocycles. The Balaban J connectivity index is 1.55. The molecule has 5 rings (SSSR count). The van der Waals surface area contributed by atoms with Crippen LogP contribution >= 0.6 is 0 Å². The van der Waals surface area contributed by atoms with E-state index in [0.717, 1.165) is 23.4 Å². The summed E-state index contributed by atoms with van der Waals surface area (Å²) < 4.78 is 30.8. The van der Waals surface area contributed by atoms with Crippen LogP contribution in [-0.4, -0.2) is 30.2 Å². The van der Waals surface area contributed by atoms with E-state index >= 15 is 0 Å². The molecule has 4 heterocycles. The predicted octanol–water partition coefficient (Wildman–Crippen LogP) is 4.35. The summed E-state index contributed by atoms with van der Waals surface area (Å²) in [5.74, 6) is -3.22. The minimum atomic E-state index is -2.92. The molecule has 4 aromatic heterocycles. The lowest BCUT2D eigenvalue weighted by molar-refractivity contribution is 0.0175. The average Bonchev–Trinajstić information content (AvgIpc) is 3.32. The van der Waals surface area contributed by atoms with Crippen LogP contribution in [0.3, 0.4) is 0 Å². The van der Waals surface area contributed by atoms with Crippen molar-refractivity contribution in [3.63, 3.8) is 0 Å². The van der Waals surface area contributed by atoms with Crippen molar-refractivity contribution >= 4 is 28.0 Å². The van der Waals surface area contributed by atoms with Gasteiger partial charge >= 0.3 is 0 Å². The quantitative estimate of drug-likeness (QED) is 0.436. The van der Waals surface area contributed by atoms with Crippen molar-refractivity contribution in [1.29, 1.82) is 0 Å². The lowest BCUT2D eigenvalue weighted by Gasteiger charge is -2.12. The fourth-order valence-electron chi connectivity index (χ4n) is 3.82. The van der Waals surface area contributed by atoms with Gasteiger partial charge in [-0.25, -0.2) is 13.8 Å². The Morgan fingerprint density at radius 3 is 2.48 bits per heavy atom. The molecule has 1 N–H and O–H groups in total. The number of nitrogens with zero attached hydrogens (tertiary/aromatic N) is 5. The molecule has 0 radical (unpaired) electrons. The van der Waals surface area contributed by atoms with Crippen molar-refractivity contribution in [3.8, 4) is 5.69 Å². The summed E-state index contributed by atoms with van der Waals surface area (Å²) in [4.78, 5) is 21.3. The van der Waals surface area contributed by atoms with Gasteiger partial charge in [0.15, 0.2) is 5.65 Å². The highest BCUT2D eigenvalue weighted by atomic mass is 19.3. The van der Waals surface area contributed by atoms with Crippen LogP contribution in [0.25, 0.3) is 27.8 Å². The molecule has 0 atom stereocenters. The Bertz CT molecular complexity index is 1470. The summed E-state index contributed by atoms with van der Waals surface area (Å²) in [6.07, 6.45) is 5.16. The van der Waals surface area contributed by atoms with Crippen molar-refractivity contribution < 1.29 is 13.6 Å². The molecular weight excluding hydrogens is 426 g/mol. The Kier molecular flexibility index (Phi) is 4.88. The van der Waals surface area contributed by atoms with E-state index in [2.05, 4.69) is 20.4 Å². The van der Waals surface area contributed by atoms with Gasteiger partial charge in [-0.2, -0.15) is 5.10 Å². The normalized spacial score (nSPS) is 11.9. The first-order chi connectivity index (χ1) is 15.8. The number of pyridine rings is 2. The number of carbonyl (C=O) groups excluding carboxylic acids is 1. The van der Waals surface area contributed by atoms with E-state index in [1.54, 1.807) is 48.4 Å². The van der Waals surface area contributed by atoms with E-state index < -0.39 is 5.92 Å². The van der Waals surface area contributed by atoms with Crippen molar-refractivity contribution in [2.45, 2.75) is 19.4 Å². The molecule has 166 valence electrons. The van der Waals surface area contributed by atoms with E-state index in [1.807, 2.05) is 22.9 Å². The van der Waals surface area contributed by atoms with Crippen LogP contribution < -0.4 is 5.32 Å². The number of hydrogen-bond acceptors (Lipinski definition) is 4. The lowest BCUT2D eigenvalue weighted by atomic mass is 10.1. The Morgan fingerprint density at radius 2 is 1.79 bits per heavy atom. The maximum absolute atomic E-state index is 13.7. The van der Waals surface area contributed by atoms with Crippen LogP contribution in [0, 0.1) is 0 Å². The first-order valence-corrected chi connectivity index (χ1v) is 10.3. The molecule has 0 bridgehead atoms. The number of halogens is 2. The molecule has 0 aliphatic heterocycles. The van der Waals surface area contributed by atoms with Crippen LogP contribution in [0.5, 0.6) is 0 Å². The molecule has 0 fully saturated rings. The van der Waals surface area contributed by atoms with Gasteiger partial charge in [-0.1, -0.05) is 12.1 Å². The topological polar surface area (TPSA) is 77.6 Å². The minimum Gasteiger partial charge on any atom is -0.347 e. The van der Waals surface area contributed by atoms with Gasteiger partial charge in [-0.3, -0.25) is 19.0 Å². The SMILES string of the molecule is Cn1cc2c3nc(C(=O)NCc4ccncc4)ccc3n(-c3ccc(C(C)(F)F)cc3)c2n1. The van der Waals surface area contributed by atoms with E-state index in [0.29, 0.717) is 23.4 Å². The maximum atomic E-state index is 13.7. The molecule has 0 saturated carbocycles. The van der Waals surface area contributed by atoms with Gasteiger partial charge < -0.3 is 5.32 Å². The second kappa shape index (κ2) is 7.77. The minimum absolute atomic E-state index is 0.0637. The number of aromatic nitrogens is 5. The molecular formula is C24H20F2N6O. The average molecular weight is 446 g/mol. The van der Waals surface area contributed by atoms with Gasteiger partial charge in [0, 0.05) is 50.4 Å². The van der Waals surface area contributed by atoms with Gasteiger partial charge in [0.1, 0.15) is 11.2 Å². The number of alkyl halides is 2. The summed E-state index contributed by atoms with van der Waals surface area (Å²) in [5, 5.41) is 8.16. The molecule has 9 heteroatoms. The number of rotatable bonds is 5. The van der Waals surface area contributed by atoms with Gasteiger partial charge in [0.25, 0.3) is 11.8 Å². The smallest absolute Gasteiger partial charge is 0.270 e. The Labute approximate surface area is 187 Å². The highest BCUT2D eigenvalue weighted by molar-refractivity contribution is 6.07. The lowest BCUT2D eigenvalue weighted by Crippen LogP contribution is -2.23. The summed E-state index contributed by atoms with van der Waals surface area (Å²) in [6.45, 7) is 1.23. The zero-order chi connectivity index (χ0) is 23.2. The monoisotopic (exact) mass is 446 g/mol. The Morgan fingerprint density at radius 1 is 1.06 bits per heavy atom. The highest BCUT2D eigenvalue weighted by Gasteiger charge is 2.24. The number of nitrogens with one attached hydrogen (secondary N) is 1. The third-order valence-corrected chi connectivity index (χ3v) is 5.46. The van der Waals surface area contributed by atoms with E-state index in [4.69, 9.17) is 0 Å². The van der Waals surface area contributed by atoms with Crippen LogP contribution in [0.2, 0.25) is 0 Å². The largest absolute Gasteiger partial charge is 0.347 e. The molecule has 1 amide bonds. The van der Waals surface area contributed by atoms with Crippen LogP contribution in [-0.2, 0) is 19.5 Å². The van der Waals surface area contributed by atoms with Gasteiger partial charge in [0.2, 0.25) is 0 Å². The molecule has 1 aromatic carbocycles. The molecule has 0 aliphatic rings. The zero-order valence-corrected chi connectivity index (χ0v) is 18.0. The summed E-state index contributed by atoms with van der Waals surface area (Å²) in [7, 11) is 1.79. The third kappa shape index (κ3) is 3.82. The van der Waals surface area contributed by atoms with Crippen LogP contribution in [0.1, 0.15) is 28.5 Å². The molecule has 7 nitrogen and oxygen atoms in total. The number of benzene rings is 1. The molecule has 0 unspecified atom stereocenters. The number of aryl methyl sites for hydroxylation is 1. The van der Waals surface area contributed by atoms with E-state index in [1.165, 1.54) is 12.1 Å². The van der Waals surface area contributed by atoms with Crippen molar-refractivity contribution in [2.75, 3.05) is 0 Å². The summed E-state index contributed by atoms with van der Waals surface area (Å²) in [5.41, 5.74) is 3.80. The fraction of sp³-hybridized carbons (Fsp3) is 0.167. The van der Waals surface area contributed by atoms with Crippen molar-refractivity contribution in [3.05, 3.63) is 83.9 Å².